The lowest BCUT2D eigenvalue weighted by atomic mass is 10.4. The van der Waals surface area contributed by atoms with Crippen LogP contribution in [0.15, 0.2) is 12.3 Å². The molecule has 0 atom stereocenters. The van der Waals surface area contributed by atoms with Crippen LogP contribution in [0.3, 0.4) is 0 Å². The Labute approximate surface area is 95.1 Å². The number of nitrogens with one attached hydrogen (secondary N) is 1. The maximum absolute atomic E-state index is 5.14. The molecule has 1 rings (SSSR count). The first kappa shape index (κ1) is 12.0. The van der Waals surface area contributed by atoms with Gasteiger partial charge in [0.25, 0.3) is 0 Å². The van der Waals surface area contributed by atoms with Crippen molar-refractivity contribution in [2.75, 3.05) is 18.1 Å². The Bertz CT molecular complexity index is 333. The molecule has 0 saturated carbocycles. The van der Waals surface area contributed by atoms with E-state index in [2.05, 4.69) is 21.2 Å². The zero-order valence-electron chi connectivity index (χ0n) is 8.86. The average molecular weight is 221 g/mol. The van der Waals surface area contributed by atoms with Gasteiger partial charge in [-0.25, -0.2) is 9.97 Å². The lowest BCUT2D eigenvalue weighted by Crippen LogP contribution is -2.17. The lowest BCUT2D eigenvalue weighted by molar-refractivity contribution is 0.709. The third kappa shape index (κ3) is 5.40. The molecule has 0 aromatic carbocycles. The van der Waals surface area contributed by atoms with Crippen LogP contribution in [0.1, 0.15) is 11.5 Å². The Hall–Kier alpha value is -1.05. The molecule has 0 unspecified atom stereocenters. The molecule has 4 heteroatoms. The number of rotatable bonds is 6. The van der Waals surface area contributed by atoms with Crippen LogP contribution in [0.2, 0.25) is 0 Å². The summed E-state index contributed by atoms with van der Waals surface area (Å²) in [5.74, 6) is 5.24. The summed E-state index contributed by atoms with van der Waals surface area (Å²) in [5.41, 5.74) is 1.03. The summed E-state index contributed by atoms with van der Waals surface area (Å²) >= 11 is 1.76. The van der Waals surface area contributed by atoms with Crippen LogP contribution < -0.4 is 5.32 Å². The summed E-state index contributed by atoms with van der Waals surface area (Å²) in [7, 11) is 0. The molecule has 1 N–H and O–H groups in total. The van der Waals surface area contributed by atoms with E-state index in [-0.39, 0.29) is 0 Å². The van der Waals surface area contributed by atoms with Gasteiger partial charge in [-0.05, 0) is 13.0 Å². The van der Waals surface area contributed by atoms with Crippen LogP contribution in [0.5, 0.6) is 0 Å². The molecule has 0 fully saturated rings. The molecule has 0 aliphatic heterocycles. The van der Waals surface area contributed by atoms with Gasteiger partial charge in [-0.2, -0.15) is 0 Å². The highest BCUT2D eigenvalue weighted by atomic mass is 32.2. The van der Waals surface area contributed by atoms with Gasteiger partial charge in [-0.15, -0.1) is 18.2 Å². The number of nitrogens with zero attached hydrogens (tertiary/aromatic N) is 2. The Balaban J connectivity index is 2.13. The summed E-state index contributed by atoms with van der Waals surface area (Å²) in [4.78, 5) is 8.34. The predicted octanol–water partition coefficient (Wildman–Crippen LogP) is 1.24. The monoisotopic (exact) mass is 221 g/mol. The minimum atomic E-state index is 0.786. The first-order valence-electron chi connectivity index (χ1n) is 4.83. The van der Waals surface area contributed by atoms with Gasteiger partial charge in [0.05, 0.1) is 11.4 Å². The molecule has 1 heterocycles. The number of aromatic nitrogens is 2. The van der Waals surface area contributed by atoms with E-state index in [4.69, 9.17) is 6.42 Å². The molecule has 15 heavy (non-hydrogen) atoms. The quantitative estimate of drug-likeness (QED) is 0.579. The van der Waals surface area contributed by atoms with E-state index in [0.29, 0.717) is 0 Å². The van der Waals surface area contributed by atoms with Crippen molar-refractivity contribution >= 4 is 11.8 Å². The third-order valence-electron chi connectivity index (χ3n) is 1.75. The standard InChI is InChI=1S/C11H15N3S/c1-3-7-15-8-6-12-9-11-4-5-13-10(2)14-11/h1,4-5,12H,6-9H2,2H3. The topological polar surface area (TPSA) is 37.8 Å². The van der Waals surface area contributed by atoms with Crippen molar-refractivity contribution in [2.24, 2.45) is 0 Å². The highest BCUT2D eigenvalue weighted by Crippen LogP contribution is 1.97. The zero-order chi connectivity index (χ0) is 10.9. The molecule has 0 spiro atoms. The van der Waals surface area contributed by atoms with Gasteiger partial charge >= 0.3 is 0 Å². The minimum Gasteiger partial charge on any atom is -0.310 e. The van der Waals surface area contributed by atoms with Crippen molar-refractivity contribution in [3.8, 4) is 12.3 Å². The molecule has 0 radical (unpaired) electrons. The molecule has 0 bridgehead atoms. The molecule has 3 nitrogen and oxygen atoms in total. The van der Waals surface area contributed by atoms with E-state index in [9.17, 15) is 0 Å². The fourth-order valence-electron chi connectivity index (χ4n) is 1.10. The molecule has 1 aromatic heterocycles. The van der Waals surface area contributed by atoms with Crippen LogP contribution in [-0.4, -0.2) is 28.0 Å². The Morgan fingerprint density at radius 2 is 2.47 bits per heavy atom. The third-order valence-corrected chi connectivity index (χ3v) is 2.61. The molecule has 0 amide bonds. The summed E-state index contributed by atoms with van der Waals surface area (Å²) < 4.78 is 0. The number of thioether (sulfide) groups is 1. The number of terminal acetylenes is 1. The second-order valence-corrected chi connectivity index (χ2v) is 4.13. The lowest BCUT2D eigenvalue weighted by Gasteiger charge is -2.03. The molecule has 1 aromatic rings. The van der Waals surface area contributed by atoms with Crippen molar-refractivity contribution in [1.29, 1.82) is 0 Å². The van der Waals surface area contributed by atoms with Crippen molar-refractivity contribution in [3.05, 3.63) is 23.8 Å². The summed E-state index contributed by atoms with van der Waals surface area (Å²) in [6, 6.07) is 1.93. The molecular formula is C11H15N3S. The molecular weight excluding hydrogens is 206 g/mol. The SMILES string of the molecule is C#CCSCCNCc1ccnc(C)n1. The van der Waals surface area contributed by atoms with Crippen LogP contribution in [0, 0.1) is 19.3 Å². The summed E-state index contributed by atoms with van der Waals surface area (Å²) in [6.07, 6.45) is 6.93. The van der Waals surface area contributed by atoms with Gasteiger partial charge in [-0.3, -0.25) is 0 Å². The summed E-state index contributed by atoms with van der Waals surface area (Å²) in [6.45, 7) is 3.64. The normalized spacial score (nSPS) is 9.87. The maximum atomic E-state index is 5.14. The van der Waals surface area contributed by atoms with Crippen molar-refractivity contribution in [3.63, 3.8) is 0 Å². The van der Waals surface area contributed by atoms with Gasteiger partial charge in [0, 0.05) is 25.0 Å². The minimum absolute atomic E-state index is 0.786. The summed E-state index contributed by atoms with van der Waals surface area (Å²) in [5, 5.41) is 3.31. The van der Waals surface area contributed by atoms with E-state index in [1.165, 1.54) is 0 Å². The average Bonchev–Trinajstić information content (AvgIpc) is 2.23. The molecule has 0 aliphatic rings. The second-order valence-electron chi connectivity index (χ2n) is 3.03. The Morgan fingerprint density at radius 3 is 3.20 bits per heavy atom. The zero-order valence-corrected chi connectivity index (χ0v) is 9.68. The van der Waals surface area contributed by atoms with Crippen LogP contribution in [-0.2, 0) is 6.54 Å². The fraction of sp³-hybridized carbons (Fsp3) is 0.455. The van der Waals surface area contributed by atoms with E-state index >= 15 is 0 Å². The molecule has 0 saturated heterocycles. The van der Waals surface area contributed by atoms with E-state index < -0.39 is 0 Å². The molecule has 0 aliphatic carbocycles. The first-order chi connectivity index (χ1) is 7.33. The largest absolute Gasteiger partial charge is 0.310 e. The molecule has 80 valence electrons. The van der Waals surface area contributed by atoms with E-state index in [0.717, 1.165) is 36.1 Å². The van der Waals surface area contributed by atoms with Gasteiger partial charge in [-0.1, -0.05) is 5.92 Å². The van der Waals surface area contributed by atoms with Crippen molar-refractivity contribution in [2.45, 2.75) is 13.5 Å². The predicted molar refractivity (Wildman–Crippen MR) is 64.6 cm³/mol. The van der Waals surface area contributed by atoms with Gasteiger partial charge < -0.3 is 5.32 Å². The van der Waals surface area contributed by atoms with E-state index in [1.54, 1.807) is 18.0 Å². The van der Waals surface area contributed by atoms with Gasteiger partial charge in [0.1, 0.15) is 5.82 Å². The van der Waals surface area contributed by atoms with Gasteiger partial charge in [0.2, 0.25) is 0 Å². The van der Waals surface area contributed by atoms with Crippen LogP contribution >= 0.6 is 11.8 Å². The first-order valence-corrected chi connectivity index (χ1v) is 5.99. The highest BCUT2D eigenvalue weighted by molar-refractivity contribution is 7.99. The Morgan fingerprint density at radius 1 is 1.60 bits per heavy atom. The number of hydrogen-bond acceptors (Lipinski definition) is 4. The van der Waals surface area contributed by atoms with Crippen molar-refractivity contribution in [1.82, 2.24) is 15.3 Å². The Kier molecular flexibility index (Phi) is 5.83. The van der Waals surface area contributed by atoms with E-state index in [1.807, 2.05) is 13.0 Å². The van der Waals surface area contributed by atoms with Gasteiger partial charge in [0.15, 0.2) is 0 Å². The second kappa shape index (κ2) is 7.27. The maximum Gasteiger partial charge on any atom is 0.125 e. The highest BCUT2D eigenvalue weighted by Gasteiger charge is 1.94. The smallest absolute Gasteiger partial charge is 0.125 e. The van der Waals surface area contributed by atoms with Crippen molar-refractivity contribution < 1.29 is 0 Å². The van der Waals surface area contributed by atoms with Crippen LogP contribution in [0.4, 0.5) is 0 Å². The van der Waals surface area contributed by atoms with Crippen LogP contribution in [0.25, 0.3) is 0 Å². The number of hydrogen-bond donors (Lipinski definition) is 1. The fourth-order valence-corrected chi connectivity index (χ4v) is 1.65. The number of aryl methyl sites for hydroxylation is 1.